The Bertz CT molecular complexity index is 1040. The number of rotatable bonds is 2. The molecule has 1 heteroatoms. The number of hydrogen-bond acceptors (Lipinski definition) is 1. The summed E-state index contributed by atoms with van der Waals surface area (Å²) in [4.78, 5) is 4.67. The predicted molar refractivity (Wildman–Crippen MR) is 107 cm³/mol. The maximum Gasteiger partial charge on any atom is 0.0780 e. The molecule has 0 saturated heterocycles. The molecule has 0 saturated carbocycles. The molecule has 0 radical (unpaired) electrons. The smallest absolute Gasteiger partial charge is 0.0780 e. The minimum atomic E-state index is 1.06. The Hall–Kier alpha value is -2.93. The van der Waals surface area contributed by atoms with Crippen LogP contribution in [-0.2, 0) is 0 Å². The van der Waals surface area contributed by atoms with E-state index in [1.54, 1.807) is 0 Å². The molecular weight excluding hydrogens is 302 g/mol. The van der Waals surface area contributed by atoms with Crippen LogP contribution >= 0.6 is 0 Å². The van der Waals surface area contributed by atoms with Crippen LogP contribution in [0, 0.1) is 20.8 Å². The normalized spacial score (nSPS) is 11.0. The van der Waals surface area contributed by atoms with Crippen molar-refractivity contribution in [3.8, 4) is 22.4 Å². The monoisotopic (exact) mass is 323 g/mol. The van der Waals surface area contributed by atoms with Crippen LogP contribution in [0.3, 0.4) is 0 Å². The summed E-state index contributed by atoms with van der Waals surface area (Å²) in [5.41, 5.74) is 8.55. The molecule has 0 aliphatic heterocycles. The number of pyridine rings is 1. The van der Waals surface area contributed by atoms with Crippen molar-refractivity contribution in [3.63, 3.8) is 0 Å². The summed E-state index contributed by atoms with van der Waals surface area (Å²) < 4.78 is 0. The molecule has 4 rings (SSSR count). The van der Waals surface area contributed by atoms with E-state index >= 15 is 0 Å². The lowest BCUT2D eigenvalue weighted by molar-refractivity contribution is 1.32. The summed E-state index contributed by atoms with van der Waals surface area (Å²) in [5.74, 6) is 0. The summed E-state index contributed by atoms with van der Waals surface area (Å²) in [6, 6.07) is 24.1. The molecule has 1 heterocycles. The molecule has 0 atom stereocenters. The zero-order chi connectivity index (χ0) is 17.4. The number of aryl methyl sites for hydroxylation is 3. The van der Waals surface area contributed by atoms with Crippen LogP contribution in [0.4, 0.5) is 0 Å². The van der Waals surface area contributed by atoms with Gasteiger partial charge in [-0.15, -0.1) is 0 Å². The standard InChI is InChI=1S/C24H21N/c1-16-4-6-19(7-5-16)20-8-9-23-21(15-20)10-11-25-24(23)22-13-17(2)12-18(3)14-22/h4-15H,1-3H3. The Morgan fingerprint density at radius 3 is 1.96 bits per heavy atom. The highest BCUT2D eigenvalue weighted by molar-refractivity contribution is 5.96. The molecule has 4 aromatic rings. The number of fused-ring (bicyclic) bond motifs is 1. The molecule has 0 unspecified atom stereocenters. The van der Waals surface area contributed by atoms with Gasteiger partial charge in [0.2, 0.25) is 0 Å². The third kappa shape index (κ3) is 3.06. The number of nitrogens with zero attached hydrogens (tertiary/aromatic N) is 1. The SMILES string of the molecule is Cc1ccc(-c2ccc3c(-c4cc(C)cc(C)c4)nccc3c2)cc1. The second-order valence-corrected chi connectivity index (χ2v) is 6.84. The van der Waals surface area contributed by atoms with Gasteiger partial charge in [0, 0.05) is 17.1 Å². The van der Waals surface area contributed by atoms with Crippen molar-refractivity contribution < 1.29 is 0 Å². The van der Waals surface area contributed by atoms with Gasteiger partial charge in [-0.3, -0.25) is 4.98 Å². The third-order valence-corrected chi connectivity index (χ3v) is 4.64. The number of aromatic nitrogens is 1. The van der Waals surface area contributed by atoms with E-state index in [2.05, 4.69) is 92.5 Å². The topological polar surface area (TPSA) is 12.9 Å². The van der Waals surface area contributed by atoms with Gasteiger partial charge in [0.15, 0.2) is 0 Å². The highest BCUT2D eigenvalue weighted by Gasteiger charge is 2.08. The van der Waals surface area contributed by atoms with E-state index < -0.39 is 0 Å². The Balaban J connectivity index is 1.87. The maximum absolute atomic E-state index is 4.67. The van der Waals surface area contributed by atoms with Crippen molar-refractivity contribution in [2.45, 2.75) is 20.8 Å². The fraction of sp³-hybridized carbons (Fsp3) is 0.125. The average Bonchev–Trinajstić information content (AvgIpc) is 2.60. The van der Waals surface area contributed by atoms with Gasteiger partial charge in [0.05, 0.1) is 5.69 Å². The summed E-state index contributed by atoms with van der Waals surface area (Å²) in [6.45, 7) is 6.39. The lowest BCUT2D eigenvalue weighted by Crippen LogP contribution is -1.89. The van der Waals surface area contributed by atoms with Crippen LogP contribution in [0.2, 0.25) is 0 Å². The van der Waals surface area contributed by atoms with Gasteiger partial charge in [0.25, 0.3) is 0 Å². The van der Waals surface area contributed by atoms with E-state index in [0.717, 1.165) is 5.69 Å². The Labute approximate surface area is 149 Å². The Morgan fingerprint density at radius 2 is 1.24 bits per heavy atom. The molecule has 0 fully saturated rings. The molecular formula is C24H21N. The molecule has 3 aromatic carbocycles. The van der Waals surface area contributed by atoms with Gasteiger partial charge >= 0.3 is 0 Å². The van der Waals surface area contributed by atoms with Gasteiger partial charge in [-0.2, -0.15) is 0 Å². The van der Waals surface area contributed by atoms with E-state index in [1.807, 2.05) is 6.20 Å². The fourth-order valence-electron chi connectivity index (χ4n) is 3.44. The van der Waals surface area contributed by atoms with Crippen molar-refractivity contribution in [1.82, 2.24) is 4.98 Å². The quantitative estimate of drug-likeness (QED) is 0.410. The molecule has 122 valence electrons. The van der Waals surface area contributed by atoms with Crippen molar-refractivity contribution in [3.05, 3.63) is 89.6 Å². The molecule has 0 aliphatic carbocycles. The molecule has 0 bridgehead atoms. The van der Waals surface area contributed by atoms with Crippen LogP contribution in [-0.4, -0.2) is 4.98 Å². The third-order valence-electron chi connectivity index (χ3n) is 4.64. The minimum Gasteiger partial charge on any atom is -0.256 e. The minimum absolute atomic E-state index is 1.06. The van der Waals surface area contributed by atoms with Crippen LogP contribution in [0.1, 0.15) is 16.7 Å². The van der Waals surface area contributed by atoms with Gasteiger partial charge in [-0.05, 0) is 61.5 Å². The molecule has 0 amide bonds. The summed E-state index contributed by atoms with van der Waals surface area (Å²) in [5, 5.41) is 2.42. The first-order valence-electron chi connectivity index (χ1n) is 8.65. The Morgan fingerprint density at radius 1 is 0.560 bits per heavy atom. The zero-order valence-electron chi connectivity index (χ0n) is 14.9. The second-order valence-electron chi connectivity index (χ2n) is 6.84. The van der Waals surface area contributed by atoms with E-state index in [9.17, 15) is 0 Å². The van der Waals surface area contributed by atoms with Crippen LogP contribution in [0.25, 0.3) is 33.2 Å². The van der Waals surface area contributed by atoms with Crippen LogP contribution < -0.4 is 0 Å². The number of benzene rings is 3. The molecule has 0 aliphatic rings. The number of hydrogen-bond donors (Lipinski definition) is 0. The summed E-state index contributed by atoms with van der Waals surface area (Å²) >= 11 is 0. The van der Waals surface area contributed by atoms with E-state index in [4.69, 9.17) is 0 Å². The van der Waals surface area contributed by atoms with Gasteiger partial charge in [-0.1, -0.05) is 59.2 Å². The van der Waals surface area contributed by atoms with E-state index in [1.165, 1.54) is 44.2 Å². The highest BCUT2D eigenvalue weighted by atomic mass is 14.7. The van der Waals surface area contributed by atoms with Gasteiger partial charge < -0.3 is 0 Å². The van der Waals surface area contributed by atoms with Gasteiger partial charge in [0.1, 0.15) is 0 Å². The highest BCUT2D eigenvalue weighted by Crippen LogP contribution is 2.31. The molecule has 25 heavy (non-hydrogen) atoms. The van der Waals surface area contributed by atoms with Crippen LogP contribution in [0.5, 0.6) is 0 Å². The van der Waals surface area contributed by atoms with Crippen molar-refractivity contribution in [2.75, 3.05) is 0 Å². The summed E-state index contributed by atoms with van der Waals surface area (Å²) in [6.07, 6.45) is 1.91. The molecule has 0 spiro atoms. The molecule has 1 aromatic heterocycles. The zero-order valence-corrected chi connectivity index (χ0v) is 14.9. The Kier molecular flexibility index (Phi) is 3.85. The lowest BCUT2D eigenvalue weighted by atomic mass is 9.97. The second kappa shape index (κ2) is 6.18. The first-order valence-corrected chi connectivity index (χ1v) is 8.65. The first kappa shape index (κ1) is 15.6. The average molecular weight is 323 g/mol. The first-order chi connectivity index (χ1) is 12.1. The lowest BCUT2D eigenvalue weighted by Gasteiger charge is -2.10. The van der Waals surface area contributed by atoms with Crippen molar-refractivity contribution >= 4 is 10.8 Å². The fourth-order valence-corrected chi connectivity index (χ4v) is 3.44. The van der Waals surface area contributed by atoms with Crippen LogP contribution in [0.15, 0.2) is 72.9 Å². The molecule has 0 N–H and O–H groups in total. The maximum atomic E-state index is 4.67. The molecule has 1 nitrogen and oxygen atoms in total. The van der Waals surface area contributed by atoms with E-state index in [0.29, 0.717) is 0 Å². The van der Waals surface area contributed by atoms with Crippen molar-refractivity contribution in [2.24, 2.45) is 0 Å². The van der Waals surface area contributed by atoms with Crippen molar-refractivity contribution in [1.29, 1.82) is 0 Å². The van der Waals surface area contributed by atoms with E-state index in [-0.39, 0.29) is 0 Å². The predicted octanol–water partition coefficient (Wildman–Crippen LogP) is 6.49. The summed E-state index contributed by atoms with van der Waals surface area (Å²) in [7, 11) is 0. The largest absolute Gasteiger partial charge is 0.256 e. The van der Waals surface area contributed by atoms with Gasteiger partial charge in [-0.25, -0.2) is 0 Å².